The molecule has 0 unspecified atom stereocenters. The van der Waals surface area contributed by atoms with Crippen molar-refractivity contribution in [3.05, 3.63) is 29.3 Å². The quantitative estimate of drug-likeness (QED) is 0.822. The Kier molecular flexibility index (Phi) is 4.45. The van der Waals surface area contributed by atoms with Gasteiger partial charge in [-0.25, -0.2) is 0 Å². The first-order valence-corrected chi connectivity index (χ1v) is 5.55. The Morgan fingerprint density at radius 1 is 1.53 bits per heavy atom. The van der Waals surface area contributed by atoms with E-state index in [0.29, 0.717) is 11.3 Å². The van der Waals surface area contributed by atoms with Gasteiger partial charge >= 0.3 is 0 Å². The third-order valence-electron chi connectivity index (χ3n) is 2.33. The summed E-state index contributed by atoms with van der Waals surface area (Å²) in [4.78, 5) is 13.9. The van der Waals surface area contributed by atoms with E-state index in [1.807, 2.05) is 13.0 Å². The van der Waals surface area contributed by atoms with Gasteiger partial charge in [0.05, 0.1) is 24.2 Å². The lowest BCUT2D eigenvalue weighted by atomic mass is 10.1. The molecule has 0 spiro atoms. The molecule has 5 heteroatoms. The van der Waals surface area contributed by atoms with Crippen LogP contribution in [0.4, 0.5) is 0 Å². The van der Waals surface area contributed by atoms with Crippen LogP contribution in [0.2, 0.25) is 0 Å². The maximum atomic E-state index is 12.1. The second kappa shape index (κ2) is 5.63. The molecule has 0 aromatic heterocycles. The van der Waals surface area contributed by atoms with Crippen molar-refractivity contribution in [1.82, 2.24) is 4.90 Å². The first-order valence-electron chi connectivity index (χ1n) is 5.14. The molecule has 0 saturated carbocycles. The summed E-state index contributed by atoms with van der Waals surface area (Å²) in [5, 5.41) is 0. The smallest absolute Gasteiger partial charge is 0.257 e. The summed E-state index contributed by atoms with van der Waals surface area (Å²) in [5.74, 6) is 0.397. The van der Waals surface area contributed by atoms with Crippen molar-refractivity contribution in [2.24, 2.45) is 5.73 Å². The molecule has 17 heavy (non-hydrogen) atoms. The van der Waals surface area contributed by atoms with Gasteiger partial charge in [0, 0.05) is 7.05 Å². The zero-order chi connectivity index (χ0) is 13.0. The zero-order valence-electron chi connectivity index (χ0n) is 10.2. The number of carbonyl (C=O) groups excluding carboxylic acids is 1. The predicted molar refractivity (Wildman–Crippen MR) is 71.5 cm³/mol. The van der Waals surface area contributed by atoms with Crippen molar-refractivity contribution < 1.29 is 9.53 Å². The van der Waals surface area contributed by atoms with Crippen LogP contribution in [0.1, 0.15) is 15.9 Å². The van der Waals surface area contributed by atoms with Gasteiger partial charge in [-0.3, -0.25) is 4.79 Å². The average Bonchev–Trinajstić information content (AvgIpc) is 2.27. The van der Waals surface area contributed by atoms with Crippen LogP contribution in [0.3, 0.4) is 0 Å². The van der Waals surface area contributed by atoms with Gasteiger partial charge in [0.25, 0.3) is 5.91 Å². The van der Waals surface area contributed by atoms with Crippen LogP contribution in [-0.2, 0) is 0 Å². The van der Waals surface area contributed by atoms with E-state index in [1.54, 1.807) is 19.2 Å². The first-order chi connectivity index (χ1) is 7.95. The number of nitrogens with two attached hydrogens (primary N) is 1. The van der Waals surface area contributed by atoms with Gasteiger partial charge in [-0.2, -0.15) is 0 Å². The van der Waals surface area contributed by atoms with E-state index in [9.17, 15) is 4.79 Å². The van der Waals surface area contributed by atoms with Gasteiger partial charge in [0.15, 0.2) is 0 Å². The summed E-state index contributed by atoms with van der Waals surface area (Å²) in [5.41, 5.74) is 6.93. The third-order valence-corrected chi connectivity index (χ3v) is 2.45. The highest BCUT2D eigenvalue weighted by molar-refractivity contribution is 7.80. The molecule has 0 bridgehead atoms. The SMILES string of the molecule is COc1ccc(C)cc1C(=O)N(C)CC(N)=S. The molecular formula is C12H16N2O2S. The molecule has 4 nitrogen and oxygen atoms in total. The van der Waals surface area contributed by atoms with Crippen molar-refractivity contribution in [3.63, 3.8) is 0 Å². The Bertz CT molecular complexity index is 446. The second-order valence-corrected chi connectivity index (χ2v) is 4.36. The van der Waals surface area contributed by atoms with Crippen molar-refractivity contribution in [2.75, 3.05) is 20.7 Å². The maximum Gasteiger partial charge on any atom is 0.257 e. The fourth-order valence-electron chi connectivity index (χ4n) is 1.50. The minimum atomic E-state index is -0.154. The molecular weight excluding hydrogens is 236 g/mol. The van der Waals surface area contributed by atoms with Crippen LogP contribution in [0.15, 0.2) is 18.2 Å². The monoisotopic (exact) mass is 252 g/mol. The number of benzene rings is 1. The molecule has 1 amide bonds. The van der Waals surface area contributed by atoms with Gasteiger partial charge in [-0.1, -0.05) is 23.8 Å². The number of hydrogen-bond donors (Lipinski definition) is 1. The molecule has 92 valence electrons. The van der Waals surface area contributed by atoms with E-state index in [2.05, 4.69) is 0 Å². The van der Waals surface area contributed by atoms with E-state index in [4.69, 9.17) is 22.7 Å². The Hall–Kier alpha value is -1.62. The standard InChI is InChI=1S/C12H16N2O2S/c1-8-4-5-10(16-3)9(6-8)12(15)14(2)7-11(13)17/h4-6H,7H2,1-3H3,(H2,13,17). The minimum absolute atomic E-state index is 0.154. The molecule has 0 radical (unpaired) electrons. The topological polar surface area (TPSA) is 55.6 Å². The number of thiocarbonyl (C=S) groups is 1. The van der Waals surface area contributed by atoms with Crippen molar-refractivity contribution >= 4 is 23.1 Å². The summed E-state index contributed by atoms with van der Waals surface area (Å²) in [6.45, 7) is 2.18. The van der Waals surface area contributed by atoms with Gasteiger partial charge < -0.3 is 15.4 Å². The van der Waals surface area contributed by atoms with E-state index < -0.39 is 0 Å². The number of hydrogen-bond acceptors (Lipinski definition) is 3. The van der Waals surface area contributed by atoms with Crippen LogP contribution in [0.25, 0.3) is 0 Å². The van der Waals surface area contributed by atoms with Crippen molar-refractivity contribution in [3.8, 4) is 5.75 Å². The molecule has 2 N–H and O–H groups in total. The van der Waals surface area contributed by atoms with Crippen molar-refractivity contribution in [2.45, 2.75) is 6.92 Å². The molecule has 0 heterocycles. The van der Waals surface area contributed by atoms with E-state index in [1.165, 1.54) is 12.0 Å². The Balaban J connectivity index is 3.02. The summed E-state index contributed by atoms with van der Waals surface area (Å²) in [6.07, 6.45) is 0. The number of methoxy groups -OCH3 is 1. The zero-order valence-corrected chi connectivity index (χ0v) is 11.0. The van der Waals surface area contributed by atoms with Gasteiger partial charge in [0.2, 0.25) is 0 Å². The Morgan fingerprint density at radius 3 is 2.71 bits per heavy atom. The van der Waals surface area contributed by atoms with Crippen LogP contribution in [0.5, 0.6) is 5.75 Å². The highest BCUT2D eigenvalue weighted by atomic mass is 32.1. The first kappa shape index (κ1) is 13.4. The van der Waals surface area contributed by atoms with Gasteiger partial charge in [-0.05, 0) is 19.1 Å². The Labute approximate surface area is 106 Å². The van der Waals surface area contributed by atoms with E-state index >= 15 is 0 Å². The summed E-state index contributed by atoms with van der Waals surface area (Å²) >= 11 is 4.78. The number of amides is 1. The summed E-state index contributed by atoms with van der Waals surface area (Å²) in [6, 6.07) is 5.46. The van der Waals surface area contributed by atoms with Crippen LogP contribution in [0, 0.1) is 6.92 Å². The number of aryl methyl sites for hydroxylation is 1. The number of nitrogens with zero attached hydrogens (tertiary/aromatic N) is 1. The average molecular weight is 252 g/mol. The molecule has 0 atom stereocenters. The lowest BCUT2D eigenvalue weighted by Gasteiger charge is -2.18. The van der Waals surface area contributed by atoms with Crippen LogP contribution in [-0.4, -0.2) is 36.5 Å². The molecule has 0 aliphatic heterocycles. The normalized spacial score (nSPS) is 9.82. The van der Waals surface area contributed by atoms with Gasteiger partial charge in [0.1, 0.15) is 5.75 Å². The van der Waals surface area contributed by atoms with E-state index in [0.717, 1.165) is 5.56 Å². The molecule has 0 aliphatic carbocycles. The van der Waals surface area contributed by atoms with Crippen LogP contribution >= 0.6 is 12.2 Å². The molecule has 1 aromatic carbocycles. The highest BCUT2D eigenvalue weighted by Crippen LogP contribution is 2.20. The molecule has 1 rings (SSSR count). The number of rotatable bonds is 4. The molecule has 0 fully saturated rings. The molecule has 0 saturated heterocycles. The maximum absolute atomic E-state index is 12.1. The van der Waals surface area contributed by atoms with Gasteiger partial charge in [-0.15, -0.1) is 0 Å². The molecule has 0 aliphatic rings. The van der Waals surface area contributed by atoms with Crippen molar-refractivity contribution in [1.29, 1.82) is 0 Å². The number of ether oxygens (including phenoxy) is 1. The number of carbonyl (C=O) groups is 1. The lowest BCUT2D eigenvalue weighted by molar-refractivity contribution is 0.0811. The third kappa shape index (κ3) is 3.42. The fourth-order valence-corrected chi connectivity index (χ4v) is 1.69. The van der Waals surface area contributed by atoms with Crippen LogP contribution < -0.4 is 10.5 Å². The largest absolute Gasteiger partial charge is 0.496 e. The summed E-state index contributed by atoms with van der Waals surface area (Å²) < 4.78 is 5.17. The predicted octanol–water partition coefficient (Wildman–Crippen LogP) is 1.36. The Morgan fingerprint density at radius 2 is 2.18 bits per heavy atom. The minimum Gasteiger partial charge on any atom is -0.496 e. The fraction of sp³-hybridized carbons (Fsp3) is 0.333. The highest BCUT2D eigenvalue weighted by Gasteiger charge is 2.17. The second-order valence-electron chi connectivity index (χ2n) is 3.83. The lowest BCUT2D eigenvalue weighted by Crippen LogP contribution is -2.34. The van der Waals surface area contributed by atoms with E-state index in [-0.39, 0.29) is 17.4 Å². The summed E-state index contributed by atoms with van der Waals surface area (Å²) in [7, 11) is 3.19. The number of likely N-dealkylation sites (N-methyl/N-ethyl adjacent to an activating group) is 1. The molecule has 1 aromatic rings.